The SMILES string of the molecule is CC(C)C(C)C(=O)NC(CCCl)C(C)(C)C. The minimum atomic E-state index is 0.0557. The molecule has 0 fully saturated rings. The van der Waals surface area contributed by atoms with Crippen molar-refractivity contribution >= 4 is 17.5 Å². The highest BCUT2D eigenvalue weighted by atomic mass is 35.5. The molecule has 0 aliphatic heterocycles. The molecule has 3 heteroatoms. The van der Waals surface area contributed by atoms with Crippen LogP contribution in [0.25, 0.3) is 0 Å². The molecule has 0 aromatic heterocycles. The highest BCUT2D eigenvalue weighted by Crippen LogP contribution is 2.23. The van der Waals surface area contributed by atoms with Gasteiger partial charge in [-0.25, -0.2) is 0 Å². The van der Waals surface area contributed by atoms with E-state index in [9.17, 15) is 4.79 Å². The first kappa shape index (κ1) is 15.8. The second-order valence-corrected chi connectivity index (χ2v) is 6.32. The van der Waals surface area contributed by atoms with Gasteiger partial charge in [0.15, 0.2) is 0 Å². The van der Waals surface area contributed by atoms with E-state index in [4.69, 9.17) is 11.6 Å². The van der Waals surface area contributed by atoms with E-state index in [0.29, 0.717) is 11.8 Å². The molecule has 0 heterocycles. The predicted octanol–water partition coefficient (Wildman–Crippen LogP) is 3.44. The van der Waals surface area contributed by atoms with E-state index in [1.54, 1.807) is 0 Å². The van der Waals surface area contributed by atoms with Crippen LogP contribution in [0.3, 0.4) is 0 Å². The Morgan fingerprint density at radius 2 is 1.75 bits per heavy atom. The van der Waals surface area contributed by atoms with E-state index in [1.165, 1.54) is 0 Å². The van der Waals surface area contributed by atoms with E-state index in [2.05, 4.69) is 39.9 Å². The van der Waals surface area contributed by atoms with E-state index in [0.717, 1.165) is 6.42 Å². The highest BCUT2D eigenvalue weighted by Gasteiger charge is 2.27. The molecule has 2 unspecified atom stereocenters. The molecule has 0 radical (unpaired) electrons. The molecule has 0 rings (SSSR count). The van der Waals surface area contributed by atoms with Crippen molar-refractivity contribution in [1.29, 1.82) is 0 Å². The van der Waals surface area contributed by atoms with Crippen LogP contribution in [-0.2, 0) is 4.79 Å². The summed E-state index contributed by atoms with van der Waals surface area (Å²) in [7, 11) is 0. The van der Waals surface area contributed by atoms with Crippen LogP contribution in [0.15, 0.2) is 0 Å². The molecule has 16 heavy (non-hydrogen) atoms. The van der Waals surface area contributed by atoms with Gasteiger partial charge < -0.3 is 5.32 Å². The Balaban J connectivity index is 4.46. The number of hydrogen-bond acceptors (Lipinski definition) is 1. The second kappa shape index (κ2) is 6.48. The monoisotopic (exact) mass is 247 g/mol. The molecule has 0 aromatic rings. The number of carbonyl (C=O) groups excluding carboxylic acids is 1. The standard InChI is InChI=1S/C13H26ClNO/c1-9(2)10(3)12(16)15-11(7-8-14)13(4,5)6/h9-11H,7-8H2,1-6H3,(H,15,16). The van der Waals surface area contributed by atoms with Crippen molar-refractivity contribution in [2.75, 3.05) is 5.88 Å². The van der Waals surface area contributed by atoms with Gasteiger partial charge in [-0.1, -0.05) is 41.5 Å². The summed E-state index contributed by atoms with van der Waals surface area (Å²) in [5, 5.41) is 3.12. The lowest BCUT2D eigenvalue weighted by molar-refractivity contribution is -0.127. The number of amides is 1. The summed E-state index contributed by atoms with van der Waals surface area (Å²) < 4.78 is 0. The van der Waals surface area contributed by atoms with Crippen molar-refractivity contribution in [1.82, 2.24) is 5.32 Å². The Kier molecular flexibility index (Phi) is 6.39. The molecule has 0 aliphatic rings. The van der Waals surface area contributed by atoms with Crippen LogP contribution in [0, 0.1) is 17.3 Å². The smallest absolute Gasteiger partial charge is 0.223 e. The Bertz CT molecular complexity index is 220. The second-order valence-electron chi connectivity index (χ2n) is 5.94. The van der Waals surface area contributed by atoms with Crippen molar-refractivity contribution < 1.29 is 4.79 Å². The molecular weight excluding hydrogens is 222 g/mol. The summed E-state index contributed by atoms with van der Waals surface area (Å²) in [4.78, 5) is 12.0. The molecule has 1 N–H and O–H groups in total. The van der Waals surface area contributed by atoms with E-state index in [-0.39, 0.29) is 23.3 Å². The average Bonchev–Trinajstić information content (AvgIpc) is 2.14. The molecule has 2 nitrogen and oxygen atoms in total. The fourth-order valence-electron chi connectivity index (χ4n) is 1.44. The summed E-state index contributed by atoms with van der Waals surface area (Å²) in [6.07, 6.45) is 0.821. The maximum absolute atomic E-state index is 12.0. The quantitative estimate of drug-likeness (QED) is 0.741. The summed E-state index contributed by atoms with van der Waals surface area (Å²) in [5.74, 6) is 1.15. The van der Waals surface area contributed by atoms with Crippen LogP contribution in [0.4, 0.5) is 0 Å². The van der Waals surface area contributed by atoms with Gasteiger partial charge in [-0.05, 0) is 17.8 Å². The summed E-state index contributed by atoms with van der Waals surface area (Å²) in [5.41, 5.74) is 0.0568. The van der Waals surface area contributed by atoms with Gasteiger partial charge in [0.05, 0.1) is 0 Å². The number of alkyl halides is 1. The molecule has 0 aromatic carbocycles. The Hall–Kier alpha value is -0.240. The predicted molar refractivity (Wildman–Crippen MR) is 70.7 cm³/mol. The van der Waals surface area contributed by atoms with E-state index in [1.807, 2.05) is 6.92 Å². The van der Waals surface area contributed by atoms with Gasteiger partial charge in [0.1, 0.15) is 0 Å². The largest absolute Gasteiger partial charge is 0.353 e. The fourth-order valence-corrected chi connectivity index (χ4v) is 1.65. The normalized spacial score (nSPS) is 16.0. The molecule has 2 atom stereocenters. The zero-order valence-corrected chi connectivity index (χ0v) is 12.2. The lowest BCUT2D eigenvalue weighted by Gasteiger charge is -2.32. The van der Waals surface area contributed by atoms with Gasteiger partial charge in [0.2, 0.25) is 5.91 Å². The van der Waals surface area contributed by atoms with Crippen molar-refractivity contribution in [2.24, 2.45) is 17.3 Å². The zero-order valence-electron chi connectivity index (χ0n) is 11.4. The molecule has 0 spiro atoms. The number of hydrogen-bond donors (Lipinski definition) is 1. The maximum atomic E-state index is 12.0. The van der Waals surface area contributed by atoms with Crippen LogP contribution in [0.1, 0.15) is 48.0 Å². The molecule has 96 valence electrons. The third-order valence-corrected chi connectivity index (χ3v) is 3.39. The Labute approximate surface area is 105 Å². The van der Waals surface area contributed by atoms with Crippen molar-refractivity contribution in [3.8, 4) is 0 Å². The molecule has 0 bridgehead atoms. The van der Waals surface area contributed by atoms with Gasteiger partial charge in [-0.3, -0.25) is 4.79 Å². The summed E-state index contributed by atoms with van der Waals surface area (Å²) >= 11 is 5.78. The van der Waals surface area contributed by atoms with Crippen molar-refractivity contribution in [3.05, 3.63) is 0 Å². The first-order chi connectivity index (χ1) is 7.20. The Morgan fingerprint density at radius 3 is 2.06 bits per heavy atom. The number of rotatable bonds is 5. The lowest BCUT2D eigenvalue weighted by atomic mass is 9.84. The van der Waals surface area contributed by atoms with Gasteiger partial charge in [-0.15, -0.1) is 11.6 Å². The molecule has 0 saturated heterocycles. The maximum Gasteiger partial charge on any atom is 0.223 e. The Morgan fingerprint density at radius 1 is 1.25 bits per heavy atom. The van der Waals surface area contributed by atoms with E-state index >= 15 is 0 Å². The topological polar surface area (TPSA) is 29.1 Å². The van der Waals surface area contributed by atoms with Crippen molar-refractivity contribution in [3.63, 3.8) is 0 Å². The molecular formula is C13H26ClNO. The minimum Gasteiger partial charge on any atom is -0.353 e. The number of halogens is 1. The first-order valence-electron chi connectivity index (χ1n) is 6.06. The highest BCUT2D eigenvalue weighted by molar-refractivity contribution is 6.17. The number of nitrogens with one attached hydrogen (secondary N) is 1. The van der Waals surface area contributed by atoms with Crippen LogP contribution in [0.5, 0.6) is 0 Å². The third kappa shape index (κ3) is 5.20. The van der Waals surface area contributed by atoms with Gasteiger partial charge in [-0.2, -0.15) is 0 Å². The molecule has 0 saturated carbocycles. The van der Waals surface area contributed by atoms with Gasteiger partial charge in [0, 0.05) is 17.8 Å². The summed E-state index contributed by atoms with van der Waals surface area (Å²) in [6, 6.07) is 0.152. The third-order valence-electron chi connectivity index (χ3n) is 3.17. The molecule has 1 amide bonds. The minimum absolute atomic E-state index is 0.0557. The van der Waals surface area contributed by atoms with Crippen LogP contribution >= 0.6 is 11.6 Å². The number of carbonyl (C=O) groups is 1. The fraction of sp³-hybridized carbons (Fsp3) is 0.923. The van der Waals surface area contributed by atoms with E-state index < -0.39 is 0 Å². The van der Waals surface area contributed by atoms with Crippen LogP contribution < -0.4 is 5.32 Å². The van der Waals surface area contributed by atoms with Crippen LogP contribution in [-0.4, -0.2) is 17.8 Å². The van der Waals surface area contributed by atoms with Crippen molar-refractivity contribution in [2.45, 2.75) is 54.0 Å². The zero-order chi connectivity index (χ0) is 12.9. The van der Waals surface area contributed by atoms with Gasteiger partial charge >= 0.3 is 0 Å². The average molecular weight is 248 g/mol. The van der Waals surface area contributed by atoms with Gasteiger partial charge in [0.25, 0.3) is 0 Å². The summed E-state index contributed by atoms with van der Waals surface area (Å²) in [6.45, 7) is 12.5. The lowest BCUT2D eigenvalue weighted by Crippen LogP contribution is -2.46. The molecule has 0 aliphatic carbocycles. The van der Waals surface area contributed by atoms with Crippen LogP contribution in [0.2, 0.25) is 0 Å². The first-order valence-corrected chi connectivity index (χ1v) is 6.60.